The van der Waals surface area contributed by atoms with Gasteiger partial charge in [-0.05, 0) is 39.2 Å². The van der Waals surface area contributed by atoms with Gasteiger partial charge in [-0.1, -0.05) is 0 Å². The lowest BCUT2D eigenvalue weighted by atomic mass is 9.78. The Morgan fingerprint density at radius 2 is 2.03 bits per heavy atom. The lowest BCUT2D eigenvalue weighted by molar-refractivity contribution is -0.00294. The molecule has 4 heterocycles. The maximum atomic E-state index is 14.2. The predicted octanol–water partition coefficient (Wildman–Crippen LogP) is 3.02. The van der Waals surface area contributed by atoms with E-state index in [4.69, 9.17) is 4.74 Å². The number of pyridine rings is 2. The first kappa shape index (κ1) is 22.8. The summed E-state index contributed by atoms with van der Waals surface area (Å²) in [6.45, 7) is 9.01. The fourth-order valence-corrected chi connectivity index (χ4v) is 5.84. The summed E-state index contributed by atoms with van der Waals surface area (Å²) in [7, 11) is 0. The zero-order chi connectivity index (χ0) is 23.9. The van der Waals surface area contributed by atoms with Crippen LogP contribution in [0.5, 0.6) is 0 Å². The van der Waals surface area contributed by atoms with E-state index in [1.165, 1.54) is 6.20 Å². The molecule has 1 atom stereocenters. The normalized spacial score (nSPS) is 22.1. The van der Waals surface area contributed by atoms with Crippen LogP contribution >= 0.6 is 0 Å². The van der Waals surface area contributed by atoms with Gasteiger partial charge in [-0.25, -0.2) is 9.18 Å². The van der Waals surface area contributed by atoms with Gasteiger partial charge in [0.05, 0.1) is 24.2 Å². The van der Waals surface area contributed by atoms with Gasteiger partial charge in [0.25, 0.3) is 5.56 Å². The van der Waals surface area contributed by atoms with Crippen LogP contribution in [0.2, 0.25) is 0 Å². The van der Waals surface area contributed by atoms with Crippen LogP contribution in [0.1, 0.15) is 31.7 Å². The van der Waals surface area contributed by atoms with E-state index in [9.17, 15) is 14.0 Å². The first-order valence-electron chi connectivity index (χ1n) is 12.1. The first-order chi connectivity index (χ1) is 16.4. The topological polar surface area (TPSA) is 81.8 Å². The maximum Gasteiger partial charge on any atom is 0.409 e. The number of amides is 1. The number of aromatic amines is 1. The highest BCUT2D eigenvalue weighted by Gasteiger charge is 2.51. The highest BCUT2D eigenvalue weighted by molar-refractivity contribution is 5.75. The van der Waals surface area contributed by atoms with E-state index >= 15 is 0 Å². The van der Waals surface area contributed by atoms with Crippen LogP contribution in [0.4, 0.5) is 14.9 Å². The highest BCUT2D eigenvalue weighted by atomic mass is 19.1. The number of carbonyl (C=O) groups excluding carboxylic acids is 1. The summed E-state index contributed by atoms with van der Waals surface area (Å²) in [5.41, 5.74) is 2.94. The van der Waals surface area contributed by atoms with Crippen LogP contribution in [-0.4, -0.2) is 77.8 Å². The Hall–Kier alpha value is -2.94. The number of nitrogens with one attached hydrogen (secondary N) is 1. The molecule has 1 amide bonds. The minimum absolute atomic E-state index is 0.132. The molecule has 1 spiro atoms. The van der Waals surface area contributed by atoms with Crippen molar-refractivity contribution in [1.82, 2.24) is 19.8 Å². The van der Waals surface area contributed by atoms with Gasteiger partial charge in [0, 0.05) is 74.1 Å². The number of nitrogens with zero attached hydrogens (tertiary/aromatic N) is 4. The third-order valence-electron chi connectivity index (χ3n) is 7.62. The van der Waals surface area contributed by atoms with Gasteiger partial charge >= 0.3 is 6.09 Å². The lowest BCUT2D eigenvalue weighted by Gasteiger charge is -2.48. The van der Waals surface area contributed by atoms with Crippen molar-refractivity contribution in [1.29, 1.82) is 0 Å². The lowest BCUT2D eigenvalue weighted by Crippen LogP contribution is -2.58. The first-order valence-corrected chi connectivity index (χ1v) is 12.1. The molecule has 5 rings (SSSR count). The molecule has 0 bridgehead atoms. The van der Waals surface area contributed by atoms with Crippen LogP contribution in [0.25, 0.3) is 11.3 Å². The molecule has 2 aromatic heterocycles. The Labute approximate surface area is 198 Å². The summed E-state index contributed by atoms with van der Waals surface area (Å²) in [4.78, 5) is 37.4. The Morgan fingerprint density at radius 1 is 1.26 bits per heavy atom. The zero-order valence-electron chi connectivity index (χ0n) is 19.8. The molecule has 9 heteroatoms. The van der Waals surface area contributed by atoms with Crippen molar-refractivity contribution in [3.05, 3.63) is 46.3 Å². The van der Waals surface area contributed by atoms with E-state index in [1.54, 1.807) is 25.3 Å². The molecule has 3 aliphatic rings. The maximum absolute atomic E-state index is 14.2. The zero-order valence-corrected chi connectivity index (χ0v) is 19.8. The van der Waals surface area contributed by atoms with Gasteiger partial charge in [-0.3, -0.25) is 14.7 Å². The molecule has 0 unspecified atom stereocenters. The average Bonchev–Trinajstić information content (AvgIpc) is 3.26. The summed E-state index contributed by atoms with van der Waals surface area (Å²) in [6.07, 6.45) is 6.10. The molecule has 0 aromatic carbocycles. The number of hydrogen-bond acceptors (Lipinski definition) is 6. The molecule has 34 heavy (non-hydrogen) atoms. The van der Waals surface area contributed by atoms with Crippen LogP contribution in [0.3, 0.4) is 0 Å². The van der Waals surface area contributed by atoms with Crippen molar-refractivity contribution in [2.45, 2.75) is 39.2 Å². The third-order valence-corrected chi connectivity index (χ3v) is 7.62. The molecule has 1 saturated carbocycles. The summed E-state index contributed by atoms with van der Waals surface area (Å²) >= 11 is 0. The molecule has 8 nitrogen and oxygen atoms in total. The Kier molecular flexibility index (Phi) is 6.06. The van der Waals surface area contributed by atoms with Crippen molar-refractivity contribution in [2.75, 3.05) is 50.8 Å². The molecule has 2 aliphatic heterocycles. The molecule has 1 N–H and O–H groups in total. The molecule has 0 radical (unpaired) electrons. The van der Waals surface area contributed by atoms with Gasteiger partial charge in [0.2, 0.25) is 0 Å². The molecular weight excluding hydrogens is 437 g/mol. The monoisotopic (exact) mass is 469 g/mol. The summed E-state index contributed by atoms with van der Waals surface area (Å²) < 4.78 is 19.3. The number of likely N-dealkylation sites (tertiary alicyclic amines) is 1. The van der Waals surface area contributed by atoms with Crippen molar-refractivity contribution >= 4 is 11.8 Å². The number of hydrogen-bond donors (Lipinski definition) is 1. The van der Waals surface area contributed by atoms with Crippen molar-refractivity contribution in [3.8, 4) is 11.3 Å². The van der Waals surface area contributed by atoms with E-state index in [1.807, 2.05) is 11.8 Å². The number of carbonyl (C=O) groups is 1. The van der Waals surface area contributed by atoms with Gasteiger partial charge < -0.3 is 19.5 Å². The van der Waals surface area contributed by atoms with Gasteiger partial charge in [0.1, 0.15) is 5.82 Å². The standard InChI is InChI=1S/C25H32FN5O3/c1-3-34-24(33)31-15-25(16-31)5-4-20(12-25)29-6-8-30(9-7-29)21-11-19(26)14-27-22(21)18-10-17(2)23(32)28-13-18/h10-11,13-14,20H,3-9,12,15-16H2,1-2H3,(H,28,32)/t20-/m1/s1. The summed E-state index contributed by atoms with van der Waals surface area (Å²) in [6, 6.07) is 3.87. The minimum atomic E-state index is -0.365. The SMILES string of the molecule is CCOC(=O)N1CC2(CC[C@@H](N3CCN(c4cc(F)cnc4-c4c[nH]c(=O)c(C)c4)CC3)C2)C1. The van der Waals surface area contributed by atoms with Crippen LogP contribution < -0.4 is 10.5 Å². The third kappa shape index (κ3) is 4.29. The number of piperazine rings is 1. The second-order valence-electron chi connectivity index (χ2n) is 9.90. The van der Waals surface area contributed by atoms with E-state index in [0.717, 1.165) is 69.8 Å². The number of anilines is 1. The second-order valence-corrected chi connectivity index (χ2v) is 9.90. The fourth-order valence-electron chi connectivity index (χ4n) is 5.84. The highest BCUT2D eigenvalue weighted by Crippen LogP contribution is 2.47. The van der Waals surface area contributed by atoms with E-state index < -0.39 is 0 Å². The fraction of sp³-hybridized carbons (Fsp3) is 0.560. The number of rotatable bonds is 4. The van der Waals surface area contributed by atoms with Crippen LogP contribution in [0, 0.1) is 18.2 Å². The average molecular weight is 470 g/mol. The molecule has 2 saturated heterocycles. The molecule has 1 aliphatic carbocycles. The largest absolute Gasteiger partial charge is 0.450 e. The van der Waals surface area contributed by atoms with Crippen molar-refractivity contribution in [3.63, 3.8) is 0 Å². The summed E-state index contributed by atoms with van der Waals surface area (Å²) in [5, 5.41) is 0. The molecular formula is C25H32FN5O3. The van der Waals surface area contributed by atoms with Crippen LogP contribution in [0.15, 0.2) is 29.3 Å². The predicted molar refractivity (Wildman–Crippen MR) is 127 cm³/mol. The Morgan fingerprint density at radius 3 is 2.74 bits per heavy atom. The van der Waals surface area contributed by atoms with Crippen LogP contribution in [-0.2, 0) is 4.74 Å². The van der Waals surface area contributed by atoms with E-state index in [-0.39, 0.29) is 22.9 Å². The van der Waals surface area contributed by atoms with Gasteiger partial charge in [-0.2, -0.15) is 0 Å². The smallest absolute Gasteiger partial charge is 0.409 e. The van der Waals surface area contributed by atoms with Crippen molar-refractivity contribution < 1.29 is 13.9 Å². The number of aromatic nitrogens is 2. The molecule has 2 aromatic rings. The van der Waals surface area contributed by atoms with Gasteiger partial charge in [-0.15, -0.1) is 0 Å². The number of H-pyrrole nitrogens is 1. The Bertz CT molecular complexity index is 1120. The second kappa shape index (κ2) is 9.02. The summed E-state index contributed by atoms with van der Waals surface area (Å²) in [5.74, 6) is -0.365. The van der Waals surface area contributed by atoms with Crippen molar-refractivity contribution in [2.24, 2.45) is 5.41 Å². The molecule has 182 valence electrons. The van der Waals surface area contributed by atoms with E-state index in [0.29, 0.717) is 23.9 Å². The number of halogens is 1. The quantitative estimate of drug-likeness (QED) is 0.742. The van der Waals surface area contributed by atoms with Gasteiger partial charge in [0.15, 0.2) is 0 Å². The number of aryl methyl sites for hydroxylation is 1. The van der Waals surface area contributed by atoms with E-state index in [2.05, 4.69) is 19.8 Å². The molecule has 3 fully saturated rings. The minimum Gasteiger partial charge on any atom is -0.450 e. The Balaban J connectivity index is 1.23. The number of ether oxygens (including phenoxy) is 1.